The van der Waals surface area contributed by atoms with Crippen LogP contribution in [0.2, 0.25) is 0 Å². The van der Waals surface area contributed by atoms with Crippen LogP contribution in [0.15, 0.2) is 24.3 Å². The molecule has 4 nitrogen and oxygen atoms in total. The van der Waals surface area contributed by atoms with Crippen molar-refractivity contribution in [1.29, 1.82) is 0 Å². The maximum atomic E-state index is 12.6. The fraction of sp³-hybridized carbons (Fsp3) is 0.611. The fourth-order valence-electron chi connectivity index (χ4n) is 3.68. The molecule has 2 heterocycles. The highest BCUT2D eigenvalue weighted by Gasteiger charge is 2.27. The van der Waals surface area contributed by atoms with Crippen LogP contribution in [0.5, 0.6) is 0 Å². The SMILES string of the molecule is NCc1ccc(C(=O)N2CCC(N3CCCCC3)CC2)cc1. The van der Waals surface area contributed by atoms with Crippen LogP contribution >= 0.6 is 0 Å². The molecule has 0 aliphatic carbocycles. The topological polar surface area (TPSA) is 49.6 Å². The van der Waals surface area contributed by atoms with Gasteiger partial charge in [0.1, 0.15) is 0 Å². The van der Waals surface area contributed by atoms with Gasteiger partial charge in [-0.15, -0.1) is 0 Å². The average molecular weight is 301 g/mol. The van der Waals surface area contributed by atoms with E-state index in [1.807, 2.05) is 29.2 Å². The first kappa shape index (κ1) is 15.5. The van der Waals surface area contributed by atoms with Crippen molar-refractivity contribution in [2.75, 3.05) is 26.2 Å². The molecule has 1 aromatic rings. The fourth-order valence-corrected chi connectivity index (χ4v) is 3.68. The molecule has 1 aromatic carbocycles. The summed E-state index contributed by atoms with van der Waals surface area (Å²) in [5.41, 5.74) is 7.46. The van der Waals surface area contributed by atoms with Gasteiger partial charge in [-0.2, -0.15) is 0 Å². The first-order valence-corrected chi connectivity index (χ1v) is 8.60. The van der Waals surface area contributed by atoms with Crippen molar-refractivity contribution in [1.82, 2.24) is 9.80 Å². The second-order valence-corrected chi connectivity index (χ2v) is 6.52. The van der Waals surface area contributed by atoms with Gasteiger partial charge in [-0.3, -0.25) is 4.79 Å². The van der Waals surface area contributed by atoms with Crippen molar-refractivity contribution in [2.45, 2.75) is 44.7 Å². The lowest BCUT2D eigenvalue weighted by Crippen LogP contribution is -2.48. The van der Waals surface area contributed by atoms with E-state index >= 15 is 0 Å². The molecule has 120 valence electrons. The number of benzene rings is 1. The van der Waals surface area contributed by atoms with Crippen molar-refractivity contribution in [2.24, 2.45) is 5.73 Å². The van der Waals surface area contributed by atoms with Crippen LogP contribution in [-0.4, -0.2) is 47.9 Å². The zero-order valence-electron chi connectivity index (χ0n) is 13.3. The summed E-state index contributed by atoms with van der Waals surface area (Å²) in [7, 11) is 0. The molecule has 0 spiro atoms. The second-order valence-electron chi connectivity index (χ2n) is 6.52. The van der Waals surface area contributed by atoms with Gasteiger partial charge in [-0.1, -0.05) is 18.6 Å². The number of hydrogen-bond donors (Lipinski definition) is 1. The Balaban J connectivity index is 1.54. The minimum atomic E-state index is 0.167. The van der Waals surface area contributed by atoms with Crippen molar-refractivity contribution < 1.29 is 4.79 Å². The Morgan fingerprint density at radius 3 is 2.23 bits per heavy atom. The summed E-state index contributed by atoms with van der Waals surface area (Å²) in [5, 5.41) is 0. The average Bonchev–Trinajstić information content (AvgIpc) is 2.62. The number of nitrogens with two attached hydrogens (primary N) is 1. The Hall–Kier alpha value is -1.39. The molecular weight excluding hydrogens is 274 g/mol. The lowest BCUT2D eigenvalue weighted by atomic mass is 9.99. The third-order valence-corrected chi connectivity index (χ3v) is 5.10. The number of nitrogens with zero attached hydrogens (tertiary/aromatic N) is 2. The number of likely N-dealkylation sites (tertiary alicyclic amines) is 2. The quantitative estimate of drug-likeness (QED) is 0.931. The number of rotatable bonds is 3. The van der Waals surface area contributed by atoms with Crippen LogP contribution in [0, 0.1) is 0 Å². The van der Waals surface area contributed by atoms with Crippen LogP contribution in [0.25, 0.3) is 0 Å². The summed E-state index contributed by atoms with van der Waals surface area (Å²) in [4.78, 5) is 17.2. The first-order chi connectivity index (χ1) is 10.8. The molecule has 1 amide bonds. The Morgan fingerprint density at radius 1 is 1.00 bits per heavy atom. The molecule has 0 radical (unpaired) electrons. The molecule has 22 heavy (non-hydrogen) atoms. The maximum absolute atomic E-state index is 12.6. The molecule has 0 aromatic heterocycles. The van der Waals surface area contributed by atoms with E-state index in [1.165, 1.54) is 32.4 Å². The van der Waals surface area contributed by atoms with Crippen LogP contribution in [0.3, 0.4) is 0 Å². The van der Waals surface area contributed by atoms with E-state index in [-0.39, 0.29) is 5.91 Å². The monoisotopic (exact) mass is 301 g/mol. The highest BCUT2D eigenvalue weighted by atomic mass is 16.2. The number of piperidine rings is 2. The highest BCUT2D eigenvalue weighted by Crippen LogP contribution is 2.22. The Labute approximate surface area is 133 Å². The number of carbonyl (C=O) groups is 1. The maximum Gasteiger partial charge on any atom is 0.253 e. The summed E-state index contributed by atoms with van der Waals surface area (Å²) in [6, 6.07) is 8.40. The van der Waals surface area contributed by atoms with Gasteiger partial charge in [0.25, 0.3) is 5.91 Å². The van der Waals surface area contributed by atoms with Crippen LogP contribution in [-0.2, 0) is 6.54 Å². The number of hydrogen-bond acceptors (Lipinski definition) is 3. The molecule has 3 rings (SSSR count). The van der Waals surface area contributed by atoms with Gasteiger partial charge in [0.05, 0.1) is 0 Å². The van der Waals surface area contributed by atoms with E-state index < -0.39 is 0 Å². The van der Waals surface area contributed by atoms with E-state index in [1.54, 1.807) is 0 Å². The second kappa shape index (κ2) is 7.25. The molecule has 0 bridgehead atoms. The number of amides is 1. The Bertz CT molecular complexity index is 486. The van der Waals surface area contributed by atoms with E-state index in [4.69, 9.17) is 5.73 Å². The van der Waals surface area contributed by atoms with Gasteiger partial charge in [-0.25, -0.2) is 0 Å². The largest absolute Gasteiger partial charge is 0.339 e. The molecule has 2 aliphatic rings. The smallest absolute Gasteiger partial charge is 0.253 e. The lowest BCUT2D eigenvalue weighted by molar-refractivity contribution is 0.0590. The predicted molar refractivity (Wildman–Crippen MR) is 88.7 cm³/mol. The van der Waals surface area contributed by atoms with Gasteiger partial charge in [0.2, 0.25) is 0 Å². The third-order valence-electron chi connectivity index (χ3n) is 5.10. The normalized spacial score (nSPS) is 21.0. The lowest BCUT2D eigenvalue weighted by Gasteiger charge is -2.40. The molecule has 2 saturated heterocycles. The first-order valence-electron chi connectivity index (χ1n) is 8.60. The van der Waals surface area contributed by atoms with Gasteiger partial charge < -0.3 is 15.5 Å². The van der Waals surface area contributed by atoms with Crippen molar-refractivity contribution in [3.63, 3.8) is 0 Å². The van der Waals surface area contributed by atoms with Gasteiger partial charge in [-0.05, 0) is 56.5 Å². The van der Waals surface area contributed by atoms with Crippen molar-refractivity contribution in [3.8, 4) is 0 Å². The molecule has 2 N–H and O–H groups in total. The predicted octanol–water partition coefficient (Wildman–Crippen LogP) is 2.24. The van der Waals surface area contributed by atoms with Crippen molar-refractivity contribution in [3.05, 3.63) is 35.4 Å². The van der Waals surface area contributed by atoms with E-state index in [0.29, 0.717) is 12.6 Å². The summed E-state index contributed by atoms with van der Waals surface area (Å²) < 4.78 is 0. The summed E-state index contributed by atoms with van der Waals surface area (Å²) in [5.74, 6) is 0.167. The Kier molecular flexibility index (Phi) is 5.11. The van der Waals surface area contributed by atoms with E-state index in [0.717, 1.165) is 37.1 Å². The van der Waals surface area contributed by atoms with Crippen molar-refractivity contribution >= 4 is 5.91 Å². The van der Waals surface area contributed by atoms with E-state index in [9.17, 15) is 4.79 Å². The standard InChI is InChI=1S/C18H27N3O/c19-14-15-4-6-16(7-5-15)18(22)21-12-8-17(9-13-21)20-10-2-1-3-11-20/h4-7,17H,1-3,8-14,19H2. The molecular formula is C18H27N3O. The molecule has 4 heteroatoms. The molecule has 2 aliphatic heterocycles. The molecule has 0 atom stereocenters. The summed E-state index contributed by atoms with van der Waals surface area (Å²) in [6.45, 7) is 4.80. The van der Waals surface area contributed by atoms with Crippen LogP contribution in [0.1, 0.15) is 48.0 Å². The summed E-state index contributed by atoms with van der Waals surface area (Å²) >= 11 is 0. The van der Waals surface area contributed by atoms with Crippen LogP contribution in [0.4, 0.5) is 0 Å². The summed E-state index contributed by atoms with van der Waals surface area (Å²) in [6.07, 6.45) is 6.30. The highest BCUT2D eigenvalue weighted by molar-refractivity contribution is 5.94. The number of carbonyl (C=O) groups excluding carboxylic acids is 1. The Morgan fingerprint density at radius 2 is 1.64 bits per heavy atom. The minimum absolute atomic E-state index is 0.167. The van der Waals surface area contributed by atoms with E-state index in [2.05, 4.69) is 4.90 Å². The van der Waals surface area contributed by atoms with Gasteiger partial charge >= 0.3 is 0 Å². The zero-order chi connectivity index (χ0) is 15.4. The third kappa shape index (κ3) is 3.50. The van der Waals surface area contributed by atoms with Gasteiger partial charge in [0.15, 0.2) is 0 Å². The minimum Gasteiger partial charge on any atom is -0.339 e. The molecule has 2 fully saturated rings. The van der Waals surface area contributed by atoms with Gasteiger partial charge in [0, 0.05) is 31.2 Å². The molecule has 0 unspecified atom stereocenters. The molecule has 0 saturated carbocycles. The van der Waals surface area contributed by atoms with Crippen LogP contribution < -0.4 is 5.73 Å². The zero-order valence-corrected chi connectivity index (χ0v) is 13.3.